The molecule has 1 aliphatic rings. The van der Waals surface area contributed by atoms with E-state index in [4.69, 9.17) is 16.3 Å². The zero-order valence-electron chi connectivity index (χ0n) is 14.7. The number of amides is 2. The molecule has 8 nitrogen and oxygen atoms in total. The Hall–Kier alpha value is -3.52. The fraction of sp³-hybridized carbons (Fsp3) is 0.105. The normalized spacial score (nSPS) is 16.4. The Morgan fingerprint density at radius 1 is 1.04 bits per heavy atom. The summed E-state index contributed by atoms with van der Waals surface area (Å²) in [5.41, 5.74) is 1.59. The van der Waals surface area contributed by atoms with Crippen molar-refractivity contribution in [3.8, 4) is 0 Å². The lowest BCUT2D eigenvalue weighted by atomic mass is 10.1. The number of nitrogens with zero attached hydrogens (tertiary/aromatic N) is 3. The summed E-state index contributed by atoms with van der Waals surface area (Å²) in [6, 6.07) is 17.6. The van der Waals surface area contributed by atoms with Gasteiger partial charge in [0.2, 0.25) is 12.2 Å². The number of methoxy groups -OCH3 is 1. The second kappa shape index (κ2) is 8.01. The molecule has 1 atom stereocenters. The minimum absolute atomic E-state index is 0.0623. The van der Waals surface area contributed by atoms with Crippen molar-refractivity contribution < 1.29 is 24.5 Å². The second-order valence-corrected chi connectivity index (χ2v) is 6.02. The van der Waals surface area contributed by atoms with E-state index in [0.29, 0.717) is 16.8 Å². The molecule has 1 unspecified atom stereocenters. The number of ether oxygens (including phenoxy) is 1. The number of allylic oxidation sites excluding steroid dienone is 1. The Labute approximate surface area is 165 Å². The Balaban J connectivity index is 2.26. The van der Waals surface area contributed by atoms with Crippen molar-refractivity contribution in [2.45, 2.75) is 6.29 Å². The van der Waals surface area contributed by atoms with Crippen LogP contribution in [0.25, 0.3) is 5.57 Å². The van der Waals surface area contributed by atoms with Crippen molar-refractivity contribution in [2.75, 3.05) is 12.0 Å². The summed E-state index contributed by atoms with van der Waals surface area (Å²) in [4.78, 5) is 28.9. The highest BCUT2D eigenvalue weighted by molar-refractivity contribution is 6.76. The molecule has 2 N–H and O–H groups in total. The highest BCUT2D eigenvalue weighted by atomic mass is 35.5. The molecule has 2 aromatic rings. The van der Waals surface area contributed by atoms with Crippen LogP contribution in [0.4, 0.5) is 15.3 Å². The van der Waals surface area contributed by atoms with Crippen molar-refractivity contribution in [1.29, 1.82) is 0 Å². The fourth-order valence-electron chi connectivity index (χ4n) is 2.88. The third kappa shape index (κ3) is 3.49. The van der Waals surface area contributed by atoms with E-state index in [2.05, 4.69) is 4.99 Å². The van der Waals surface area contributed by atoms with Gasteiger partial charge in [0.05, 0.1) is 12.7 Å². The van der Waals surface area contributed by atoms with Crippen LogP contribution in [0.5, 0.6) is 0 Å². The highest BCUT2D eigenvalue weighted by Crippen LogP contribution is 2.36. The van der Waals surface area contributed by atoms with Crippen molar-refractivity contribution >= 4 is 40.2 Å². The Morgan fingerprint density at radius 3 is 2.07 bits per heavy atom. The van der Waals surface area contributed by atoms with Crippen molar-refractivity contribution in [2.24, 2.45) is 4.99 Å². The van der Waals surface area contributed by atoms with Gasteiger partial charge in [-0.2, -0.15) is 4.90 Å². The molecule has 2 aromatic carbocycles. The monoisotopic (exact) mass is 401 g/mol. The van der Waals surface area contributed by atoms with Gasteiger partial charge in [-0.3, -0.25) is 4.90 Å². The summed E-state index contributed by atoms with van der Waals surface area (Å²) in [5.74, 6) is 0.176. The molecule has 0 aromatic heterocycles. The first-order valence-corrected chi connectivity index (χ1v) is 8.50. The molecule has 1 heterocycles. The number of para-hydroxylation sites is 1. The Bertz CT molecular complexity index is 933. The number of anilines is 1. The minimum Gasteiger partial charge on any atom is -0.482 e. The van der Waals surface area contributed by atoms with E-state index < -0.39 is 18.5 Å². The summed E-state index contributed by atoms with van der Waals surface area (Å²) in [7, 11) is 1.40. The van der Waals surface area contributed by atoms with Gasteiger partial charge in [-0.15, -0.1) is 0 Å². The molecule has 28 heavy (non-hydrogen) atoms. The van der Waals surface area contributed by atoms with Crippen LogP contribution in [-0.2, 0) is 4.74 Å². The van der Waals surface area contributed by atoms with E-state index in [1.807, 2.05) is 6.07 Å². The standard InChI is InChI=1S/C19H16ClN3O5/c1-28-16-14(12-8-4-2-5-9-12)15(20)21-17(23(18(24)25)19(26)27)22(16)13-10-6-3-7-11-13/h2-11,17H,1H3,(H,24,25)(H,26,27). The molecule has 0 fully saturated rings. The second-order valence-electron chi connectivity index (χ2n) is 5.66. The van der Waals surface area contributed by atoms with E-state index in [1.165, 1.54) is 12.0 Å². The highest BCUT2D eigenvalue weighted by Gasteiger charge is 2.41. The predicted octanol–water partition coefficient (Wildman–Crippen LogP) is 4.10. The number of carbonyl (C=O) groups is 2. The van der Waals surface area contributed by atoms with Crippen LogP contribution < -0.4 is 4.90 Å². The molecule has 3 rings (SSSR count). The minimum atomic E-state index is -1.69. The van der Waals surface area contributed by atoms with E-state index in [-0.39, 0.29) is 16.0 Å². The first-order chi connectivity index (χ1) is 13.5. The molecular weight excluding hydrogens is 386 g/mol. The maximum absolute atomic E-state index is 11.6. The van der Waals surface area contributed by atoms with Gasteiger partial charge in [0.1, 0.15) is 5.17 Å². The quantitative estimate of drug-likeness (QED) is 0.799. The number of halogens is 1. The van der Waals surface area contributed by atoms with Gasteiger partial charge in [-0.05, 0) is 17.7 Å². The van der Waals surface area contributed by atoms with Gasteiger partial charge in [-0.1, -0.05) is 60.1 Å². The Morgan fingerprint density at radius 2 is 1.57 bits per heavy atom. The molecule has 0 radical (unpaired) electrons. The molecule has 0 aliphatic carbocycles. The summed E-state index contributed by atoms with van der Waals surface area (Å²) in [5, 5.41) is 18.8. The predicted molar refractivity (Wildman–Crippen MR) is 104 cm³/mol. The van der Waals surface area contributed by atoms with Gasteiger partial charge < -0.3 is 14.9 Å². The molecular formula is C19H16ClN3O5. The molecule has 1 aliphatic heterocycles. The number of rotatable bonds is 4. The maximum atomic E-state index is 11.6. The lowest BCUT2D eigenvalue weighted by Gasteiger charge is -2.38. The SMILES string of the molecule is COC1=C(c2ccccc2)C(Cl)=NC(N(C(=O)O)C(=O)O)N1c1ccccc1. The lowest BCUT2D eigenvalue weighted by Crippen LogP contribution is -2.54. The van der Waals surface area contributed by atoms with E-state index in [1.54, 1.807) is 54.6 Å². The van der Waals surface area contributed by atoms with Crippen LogP contribution in [0.3, 0.4) is 0 Å². The van der Waals surface area contributed by atoms with Crippen LogP contribution >= 0.6 is 11.6 Å². The van der Waals surface area contributed by atoms with Crippen LogP contribution in [-0.4, -0.2) is 45.9 Å². The molecule has 9 heteroatoms. The molecule has 0 bridgehead atoms. The number of hydrogen-bond acceptors (Lipinski definition) is 5. The third-order valence-electron chi connectivity index (χ3n) is 4.03. The summed E-state index contributed by atoms with van der Waals surface area (Å²) < 4.78 is 5.56. The number of carboxylic acid groups (broad SMARTS) is 2. The van der Waals surface area contributed by atoms with Crippen molar-refractivity contribution in [1.82, 2.24) is 4.90 Å². The topological polar surface area (TPSA) is 103 Å². The zero-order chi connectivity index (χ0) is 20.3. The number of aliphatic imine (C=N–C) groups is 1. The first kappa shape index (κ1) is 19.2. The summed E-state index contributed by atoms with van der Waals surface area (Å²) in [6.45, 7) is 0. The average molecular weight is 402 g/mol. The van der Waals surface area contributed by atoms with Gasteiger partial charge >= 0.3 is 12.2 Å². The smallest absolute Gasteiger partial charge is 0.420 e. The average Bonchev–Trinajstić information content (AvgIpc) is 2.68. The first-order valence-electron chi connectivity index (χ1n) is 8.12. The van der Waals surface area contributed by atoms with E-state index >= 15 is 0 Å². The molecule has 0 saturated heterocycles. The van der Waals surface area contributed by atoms with Crippen LogP contribution in [0.1, 0.15) is 5.56 Å². The van der Waals surface area contributed by atoms with Crippen molar-refractivity contribution in [3.05, 3.63) is 72.1 Å². The van der Waals surface area contributed by atoms with Crippen LogP contribution in [0.2, 0.25) is 0 Å². The zero-order valence-corrected chi connectivity index (χ0v) is 15.4. The van der Waals surface area contributed by atoms with Gasteiger partial charge in [-0.25, -0.2) is 14.6 Å². The molecule has 144 valence electrons. The lowest BCUT2D eigenvalue weighted by molar-refractivity contribution is 0.104. The molecule has 0 saturated carbocycles. The number of hydrogen-bond donors (Lipinski definition) is 2. The van der Waals surface area contributed by atoms with E-state index in [0.717, 1.165) is 0 Å². The van der Waals surface area contributed by atoms with E-state index in [9.17, 15) is 19.8 Å². The molecule has 2 amide bonds. The van der Waals surface area contributed by atoms with Gasteiger partial charge in [0.15, 0.2) is 0 Å². The van der Waals surface area contributed by atoms with Crippen LogP contribution in [0.15, 0.2) is 71.5 Å². The number of benzene rings is 2. The van der Waals surface area contributed by atoms with Crippen LogP contribution in [0, 0.1) is 0 Å². The summed E-state index contributed by atoms with van der Waals surface area (Å²) >= 11 is 6.36. The number of imide groups is 1. The Kier molecular flexibility index (Phi) is 5.51. The molecule has 0 spiro atoms. The largest absolute Gasteiger partial charge is 0.482 e. The van der Waals surface area contributed by atoms with Crippen molar-refractivity contribution in [3.63, 3.8) is 0 Å². The fourth-order valence-corrected chi connectivity index (χ4v) is 3.15. The van der Waals surface area contributed by atoms with Gasteiger partial charge in [0.25, 0.3) is 0 Å². The summed E-state index contributed by atoms with van der Waals surface area (Å²) in [6.07, 6.45) is -4.87. The maximum Gasteiger partial charge on any atom is 0.420 e. The third-order valence-corrected chi connectivity index (χ3v) is 4.32. The van der Waals surface area contributed by atoms with Gasteiger partial charge in [0, 0.05) is 5.69 Å².